The van der Waals surface area contributed by atoms with E-state index in [0.29, 0.717) is 5.15 Å². The van der Waals surface area contributed by atoms with Gasteiger partial charge in [0.1, 0.15) is 0 Å². The quantitative estimate of drug-likeness (QED) is 0.623. The predicted octanol–water partition coefficient (Wildman–Crippen LogP) is 4.73. The van der Waals surface area contributed by atoms with Gasteiger partial charge in [-0.05, 0) is 30.5 Å². The molecule has 0 unspecified atom stereocenters. The zero-order valence-electron chi connectivity index (χ0n) is 12.1. The fourth-order valence-electron chi connectivity index (χ4n) is 2.80. The van der Waals surface area contributed by atoms with Crippen LogP contribution in [-0.4, -0.2) is 4.98 Å². The molecule has 104 valence electrons. The van der Waals surface area contributed by atoms with Crippen molar-refractivity contribution in [1.29, 1.82) is 0 Å². The molecule has 0 bridgehead atoms. The van der Waals surface area contributed by atoms with Crippen molar-refractivity contribution < 1.29 is 11.6 Å². The van der Waals surface area contributed by atoms with Gasteiger partial charge in [-0.2, -0.15) is 4.98 Å². The van der Waals surface area contributed by atoms with E-state index in [2.05, 4.69) is 48.3 Å². The number of benzene rings is 2. The first-order valence-corrected chi connectivity index (χ1v) is 7.38. The van der Waals surface area contributed by atoms with Crippen LogP contribution in [-0.2, 0) is 0 Å². The summed E-state index contributed by atoms with van der Waals surface area (Å²) in [7, 11) is 0. The van der Waals surface area contributed by atoms with Crippen LogP contribution in [0.3, 0.4) is 0 Å². The molecule has 21 heavy (non-hydrogen) atoms. The molecule has 0 N–H and O–H groups in total. The first-order chi connectivity index (χ1) is 10.2. The second kappa shape index (κ2) is 5.71. The van der Waals surface area contributed by atoms with Gasteiger partial charge in [0, 0.05) is 5.56 Å². The molecule has 2 aromatic carbocycles. The van der Waals surface area contributed by atoms with Gasteiger partial charge in [-0.25, -0.2) is 0 Å². The molecule has 0 aliphatic heterocycles. The fraction of sp³-hybridized carbons (Fsp3) is 0.105. The van der Waals surface area contributed by atoms with Crippen LogP contribution in [0.2, 0.25) is 5.15 Å². The monoisotopic (exact) mass is 294 g/mol. The normalized spacial score (nSPS) is 10.6. The Morgan fingerprint density at radius 3 is 1.71 bits per heavy atom. The van der Waals surface area contributed by atoms with Gasteiger partial charge in [-0.3, -0.25) is 0 Å². The maximum Gasteiger partial charge on any atom is 0.326 e. The number of hydrogen-bond donors (Lipinski definition) is 0. The Labute approximate surface area is 130 Å². The maximum absolute atomic E-state index is 5.51. The molecule has 1 aromatic heterocycles. The molecular formula is C19H17ClN+. The maximum atomic E-state index is 5.51. The van der Waals surface area contributed by atoms with Crippen molar-refractivity contribution in [3.05, 3.63) is 77.1 Å². The molecule has 0 amide bonds. The summed E-state index contributed by atoms with van der Waals surface area (Å²) in [4.78, 5) is 4.60. The van der Waals surface area contributed by atoms with E-state index in [4.69, 9.17) is 11.6 Å². The Morgan fingerprint density at radius 1 is 0.714 bits per heavy atom. The summed E-state index contributed by atoms with van der Waals surface area (Å²) in [6.45, 7) is 4.16. The topological polar surface area (TPSA) is 12.9 Å². The van der Waals surface area contributed by atoms with Gasteiger partial charge in [0.15, 0.2) is 11.6 Å². The van der Waals surface area contributed by atoms with Crippen molar-refractivity contribution in [2.24, 2.45) is 0 Å². The summed E-state index contributed by atoms with van der Waals surface area (Å²) in [6, 6.07) is 20.6. The average molecular weight is 295 g/mol. The molecule has 3 rings (SSSR count). The van der Waals surface area contributed by atoms with E-state index in [9.17, 15) is 0 Å². The van der Waals surface area contributed by atoms with E-state index in [1.54, 1.807) is 0 Å². The summed E-state index contributed by atoms with van der Waals surface area (Å²) in [5.74, 6) is 0. The van der Waals surface area contributed by atoms with E-state index in [-0.39, 0.29) is 0 Å². The lowest BCUT2D eigenvalue weighted by Gasteiger charge is -2.13. The van der Waals surface area contributed by atoms with Crippen molar-refractivity contribution >= 4 is 0 Å². The molecule has 0 atom stereocenters. The second-order valence-electron chi connectivity index (χ2n) is 5.11. The molecule has 0 spiro atoms. The van der Waals surface area contributed by atoms with Crippen LogP contribution in [0, 0.1) is 25.4 Å². The highest BCUT2D eigenvalue weighted by Gasteiger charge is 2.20. The number of aromatic nitrogens is 1. The minimum Gasteiger partial charge on any atom is -0.197 e. The zero-order chi connectivity index (χ0) is 14.8. The summed E-state index contributed by atoms with van der Waals surface area (Å²) in [6.07, 6.45) is 0. The van der Waals surface area contributed by atoms with Gasteiger partial charge in [0.25, 0.3) is 0 Å². The first kappa shape index (κ1) is 13.8. The molecule has 0 aliphatic rings. The van der Waals surface area contributed by atoms with Crippen LogP contribution in [0.5, 0.6) is 0 Å². The second-order valence-corrected chi connectivity index (χ2v) is 5.50. The van der Waals surface area contributed by atoms with E-state index >= 15 is 0 Å². The van der Waals surface area contributed by atoms with Gasteiger partial charge >= 0.3 is 5.15 Å². The molecule has 0 fully saturated rings. The number of halogens is 1. The lowest BCUT2D eigenvalue weighted by molar-refractivity contribution is -0.295. The van der Waals surface area contributed by atoms with E-state index < -0.39 is 0 Å². The SMILES string of the molecule is Cc1nc([ClH+])c(-c2ccccc2)c(C)c1-c1ccccc1. The van der Waals surface area contributed by atoms with E-state index in [1.165, 1.54) is 16.7 Å². The molecule has 0 aliphatic carbocycles. The minimum atomic E-state index is 0.677. The minimum absolute atomic E-state index is 0.677. The summed E-state index contributed by atoms with van der Waals surface area (Å²) >= 11 is 5.51. The third-order valence-corrected chi connectivity index (χ3v) is 4.02. The molecule has 2 heteroatoms. The summed E-state index contributed by atoms with van der Waals surface area (Å²) in [5, 5.41) is 0.677. The Bertz CT molecular complexity index is 701. The van der Waals surface area contributed by atoms with E-state index in [1.807, 2.05) is 31.2 Å². The smallest absolute Gasteiger partial charge is 0.197 e. The van der Waals surface area contributed by atoms with E-state index in [0.717, 1.165) is 16.8 Å². The largest absolute Gasteiger partial charge is 0.326 e. The summed E-state index contributed by atoms with van der Waals surface area (Å²) < 4.78 is 0. The highest BCUT2D eigenvalue weighted by molar-refractivity contribution is 5.80. The van der Waals surface area contributed by atoms with Crippen molar-refractivity contribution in [3.8, 4) is 22.3 Å². The number of rotatable bonds is 2. The highest BCUT2D eigenvalue weighted by atomic mass is 35.5. The van der Waals surface area contributed by atoms with Gasteiger partial charge < -0.3 is 0 Å². The van der Waals surface area contributed by atoms with Crippen molar-refractivity contribution in [2.45, 2.75) is 13.8 Å². The number of pyridine rings is 1. The third-order valence-electron chi connectivity index (χ3n) is 3.72. The number of hydrogen-bond acceptors (Lipinski definition) is 1. The lowest BCUT2D eigenvalue weighted by atomic mass is 9.93. The first-order valence-electron chi connectivity index (χ1n) is 6.97. The van der Waals surface area contributed by atoms with Gasteiger partial charge in [-0.1, -0.05) is 60.7 Å². The predicted molar refractivity (Wildman–Crippen MR) is 85.1 cm³/mol. The Hall–Kier alpha value is -2.12. The number of aryl methyl sites for hydroxylation is 1. The van der Waals surface area contributed by atoms with Gasteiger partial charge in [0.2, 0.25) is 0 Å². The van der Waals surface area contributed by atoms with Crippen molar-refractivity contribution in [2.75, 3.05) is 0 Å². The Morgan fingerprint density at radius 2 is 1.19 bits per heavy atom. The van der Waals surface area contributed by atoms with Crippen LogP contribution in [0.25, 0.3) is 22.3 Å². The molecule has 0 saturated heterocycles. The molecule has 3 aromatic rings. The fourth-order valence-corrected chi connectivity index (χ4v) is 3.20. The molecular weight excluding hydrogens is 278 g/mol. The number of nitrogens with zero attached hydrogens (tertiary/aromatic N) is 1. The highest BCUT2D eigenvalue weighted by Crippen LogP contribution is 2.35. The third kappa shape index (κ3) is 2.57. The van der Waals surface area contributed by atoms with Crippen LogP contribution in [0.1, 0.15) is 11.3 Å². The summed E-state index contributed by atoms with van der Waals surface area (Å²) in [5.41, 5.74) is 6.75. The molecule has 1 nitrogen and oxygen atoms in total. The zero-order valence-corrected chi connectivity index (χ0v) is 12.9. The lowest BCUT2D eigenvalue weighted by Crippen LogP contribution is -1.98. The molecule has 0 saturated carbocycles. The van der Waals surface area contributed by atoms with Crippen LogP contribution < -0.4 is 0 Å². The van der Waals surface area contributed by atoms with Crippen LogP contribution in [0.15, 0.2) is 60.7 Å². The van der Waals surface area contributed by atoms with Crippen molar-refractivity contribution in [3.63, 3.8) is 0 Å². The van der Waals surface area contributed by atoms with Gasteiger partial charge in [0.05, 0.1) is 11.3 Å². The van der Waals surface area contributed by atoms with Crippen LogP contribution in [0.4, 0.5) is 0 Å². The Balaban J connectivity index is 2.29. The van der Waals surface area contributed by atoms with Crippen LogP contribution >= 0.6 is 0 Å². The van der Waals surface area contributed by atoms with Gasteiger partial charge in [-0.15, -0.1) is 0 Å². The standard InChI is InChI=1S/C19H17ClN/c1-13-17(15-9-5-3-6-10-15)14(2)21-19(20)18(13)16-11-7-4-8-12-16/h3-12,20H,1-2H3/q+1. The average Bonchev–Trinajstić information content (AvgIpc) is 2.49. The van der Waals surface area contributed by atoms with Crippen molar-refractivity contribution in [1.82, 2.24) is 4.98 Å². The Kier molecular flexibility index (Phi) is 3.76. The molecule has 0 radical (unpaired) electrons. The molecule has 1 heterocycles.